The maximum atomic E-state index is 14.5. The van der Waals surface area contributed by atoms with Crippen LogP contribution in [-0.2, 0) is 26.1 Å². The fourth-order valence-corrected chi connectivity index (χ4v) is 5.54. The number of hydrogen-bond donors (Lipinski definition) is 1. The van der Waals surface area contributed by atoms with Gasteiger partial charge in [0, 0.05) is 16.3 Å². The zero-order chi connectivity index (χ0) is 25.9. The van der Waals surface area contributed by atoms with E-state index >= 15 is 0 Å². The first kappa shape index (κ1) is 25.5. The summed E-state index contributed by atoms with van der Waals surface area (Å²) in [7, 11) is -3.85. The van der Waals surface area contributed by atoms with Crippen LogP contribution in [0.1, 0.15) is 17.3 Å². The highest BCUT2D eigenvalue weighted by Crippen LogP contribution is 2.21. The van der Waals surface area contributed by atoms with Crippen LogP contribution in [0.15, 0.2) is 76.6 Å². The summed E-state index contributed by atoms with van der Waals surface area (Å²) in [5, 5.41) is 0.408. The number of aromatic nitrogens is 1. The summed E-state index contributed by atoms with van der Waals surface area (Å²) in [5.74, 6) is -1.79. The first-order valence-corrected chi connectivity index (χ1v) is 13.3. The zero-order valence-electron chi connectivity index (χ0n) is 18.8. The van der Waals surface area contributed by atoms with E-state index in [-0.39, 0.29) is 39.6 Å². The van der Waals surface area contributed by atoms with Crippen molar-refractivity contribution in [2.45, 2.75) is 18.4 Å². The molecule has 0 unspecified atom stereocenters. The lowest BCUT2D eigenvalue weighted by Crippen LogP contribution is -2.23. The first-order chi connectivity index (χ1) is 17.2. The Balaban J connectivity index is 1.62. The second kappa shape index (κ2) is 10.6. The second-order valence-corrected chi connectivity index (χ2v) is 10.5. The van der Waals surface area contributed by atoms with E-state index in [1.54, 1.807) is 13.0 Å². The van der Waals surface area contributed by atoms with Gasteiger partial charge >= 0.3 is 5.97 Å². The Labute approximate surface area is 214 Å². The molecule has 0 saturated carbocycles. The van der Waals surface area contributed by atoms with Gasteiger partial charge in [-0.25, -0.2) is 12.8 Å². The SMILES string of the molecule is CCOC(=O)Cn1c(=NC(=O)c2ccc(NS(=O)(=O)c3ccc(Cl)cc3)cc2)sc2cccc(F)c21. The van der Waals surface area contributed by atoms with E-state index in [0.717, 1.165) is 11.3 Å². The average molecular weight is 548 g/mol. The van der Waals surface area contributed by atoms with Gasteiger partial charge in [0.2, 0.25) is 0 Å². The molecule has 1 heterocycles. The highest BCUT2D eigenvalue weighted by atomic mass is 35.5. The number of para-hydroxylation sites is 1. The smallest absolute Gasteiger partial charge is 0.326 e. The van der Waals surface area contributed by atoms with E-state index in [2.05, 4.69) is 9.71 Å². The van der Waals surface area contributed by atoms with Gasteiger partial charge in [0.15, 0.2) is 4.80 Å². The van der Waals surface area contributed by atoms with Crippen molar-refractivity contribution >= 4 is 60.7 Å². The third-order valence-electron chi connectivity index (χ3n) is 4.95. The molecule has 0 fully saturated rings. The largest absolute Gasteiger partial charge is 0.465 e. The van der Waals surface area contributed by atoms with Crippen LogP contribution in [0, 0.1) is 5.82 Å². The first-order valence-electron chi connectivity index (χ1n) is 10.6. The number of nitrogens with zero attached hydrogens (tertiary/aromatic N) is 2. The molecule has 1 N–H and O–H groups in total. The fraction of sp³-hybridized carbons (Fsp3) is 0.125. The molecule has 0 spiro atoms. The van der Waals surface area contributed by atoms with E-state index < -0.39 is 27.7 Å². The number of benzene rings is 3. The normalized spacial score (nSPS) is 12.0. The molecule has 0 radical (unpaired) electrons. The van der Waals surface area contributed by atoms with Crippen molar-refractivity contribution in [3.05, 3.63) is 87.9 Å². The number of halogens is 2. The standard InChI is InChI=1S/C24H19ClFN3O5S2/c1-2-34-21(30)14-29-22-19(26)4-3-5-20(22)35-24(29)27-23(31)15-6-10-17(11-7-15)28-36(32,33)18-12-8-16(25)9-13-18/h3-13,28H,2,14H2,1H3. The predicted molar refractivity (Wildman–Crippen MR) is 135 cm³/mol. The number of carbonyl (C=O) groups excluding carboxylic acids is 2. The molecular formula is C24H19ClFN3O5S2. The van der Waals surface area contributed by atoms with E-state index in [1.807, 2.05) is 0 Å². The van der Waals surface area contributed by atoms with Crippen molar-refractivity contribution in [3.8, 4) is 0 Å². The number of anilines is 1. The number of fused-ring (bicyclic) bond motifs is 1. The van der Waals surface area contributed by atoms with Gasteiger partial charge in [-0.2, -0.15) is 4.99 Å². The van der Waals surface area contributed by atoms with Crippen molar-refractivity contribution in [3.63, 3.8) is 0 Å². The van der Waals surface area contributed by atoms with Gasteiger partial charge in [-0.1, -0.05) is 29.0 Å². The molecule has 1 aromatic heterocycles. The number of carbonyl (C=O) groups is 2. The predicted octanol–water partition coefficient (Wildman–Crippen LogP) is 4.60. The highest BCUT2D eigenvalue weighted by molar-refractivity contribution is 7.92. The van der Waals surface area contributed by atoms with E-state index in [4.69, 9.17) is 16.3 Å². The number of thiazole rings is 1. The van der Waals surface area contributed by atoms with Gasteiger partial charge in [0.1, 0.15) is 12.4 Å². The Kier molecular flexibility index (Phi) is 7.53. The molecule has 4 rings (SSSR count). The average Bonchev–Trinajstić information content (AvgIpc) is 3.17. The Hall–Kier alpha value is -3.54. The summed E-state index contributed by atoms with van der Waals surface area (Å²) in [6, 6.07) is 15.8. The number of hydrogen-bond acceptors (Lipinski definition) is 6. The monoisotopic (exact) mass is 547 g/mol. The van der Waals surface area contributed by atoms with Crippen molar-refractivity contribution < 1.29 is 27.1 Å². The molecule has 3 aromatic carbocycles. The van der Waals surface area contributed by atoms with Crippen molar-refractivity contribution in [1.29, 1.82) is 0 Å². The quantitative estimate of drug-likeness (QED) is 0.340. The molecule has 0 aliphatic rings. The van der Waals surface area contributed by atoms with Crippen LogP contribution < -0.4 is 9.52 Å². The van der Waals surface area contributed by atoms with Crippen LogP contribution >= 0.6 is 22.9 Å². The Morgan fingerprint density at radius 3 is 2.44 bits per heavy atom. The molecule has 0 atom stereocenters. The topological polar surface area (TPSA) is 107 Å². The molecule has 36 heavy (non-hydrogen) atoms. The lowest BCUT2D eigenvalue weighted by Gasteiger charge is -2.08. The summed E-state index contributed by atoms with van der Waals surface area (Å²) < 4.78 is 48.8. The van der Waals surface area contributed by atoms with Crippen LogP contribution in [0.25, 0.3) is 10.2 Å². The van der Waals surface area contributed by atoms with Crippen LogP contribution in [0.2, 0.25) is 5.02 Å². The summed E-state index contributed by atoms with van der Waals surface area (Å²) in [5.41, 5.74) is 0.557. The molecule has 0 bridgehead atoms. The van der Waals surface area contributed by atoms with Gasteiger partial charge in [-0.3, -0.25) is 14.3 Å². The number of ether oxygens (including phenoxy) is 1. The minimum atomic E-state index is -3.85. The molecule has 186 valence electrons. The van der Waals surface area contributed by atoms with Crippen LogP contribution in [-0.4, -0.2) is 31.5 Å². The summed E-state index contributed by atoms with van der Waals surface area (Å²) in [4.78, 5) is 29.2. The molecule has 12 heteroatoms. The molecule has 4 aromatic rings. The van der Waals surface area contributed by atoms with Crippen molar-refractivity contribution in [1.82, 2.24) is 4.57 Å². The third kappa shape index (κ3) is 5.64. The van der Waals surface area contributed by atoms with Crippen LogP contribution in [0.3, 0.4) is 0 Å². The lowest BCUT2D eigenvalue weighted by atomic mass is 10.2. The number of amides is 1. The maximum Gasteiger partial charge on any atom is 0.326 e. The molecule has 8 nitrogen and oxygen atoms in total. The fourth-order valence-electron chi connectivity index (χ4n) is 3.31. The maximum absolute atomic E-state index is 14.5. The second-order valence-electron chi connectivity index (χ2n) is 7.42. The Bertz CT molecular complexity index is 1610. The van der Waals surface area contributed by atoms with Gasteiger partial charge in [0.05, 0.1) is 21.7 Å². The Morgan fingerprint density at radius 1 is 1.08 bits per heavy atom. The minimum Gasteiger partial charge on any atom is -0.465 e. The summed E-state index contributed by atoms with van der Waals surface area (Å²) in [6.07, 6.45) is 0. The summed E-state index contributed by atoms with van der Waals surface area (Å²) in [6.45, 7) is 1.50. The number of nitrogens with one attached hydrogen (secondary N) is 1. The number of esters is 1. The van der Waals surface area contributed by atoms with Gasteiger partial charge in [0.25, 0.3) is 15.9 Å². The van der Waals surface area contributed by atoms with Crippen molar-refractivity contribution in [2.75, 3.05) is 11.3 Å². The number of rotatable bonds is 7. The van der Waals surface area contributed by atoms with Gasteiger partial charge in [-0.15, -0.1) is 0 Å². The number of sulfonamides is 1. The lowest BCUT2D eigenvalue weighted by molar-refractivity contribution is -0.143. The molecule has 0 saturated heterocycles. The molecule has 1 amide bonds. The van der Waals surface area contributed by atoms with E-state index in [9.17, 15) is 22.4 Å². The molecule has 0 aliphatic carbocycles. The van der Waals surface area contributed by atoms with Gasteiger partial charge in [-0.05, 0) is 67.6 Å². The van der Waals surface area contributed by atoms with Crippen LogP contribution in [0.4, 0.5) is 10.1 Å². The molecule has 0 aliphatic heterocycles. The van der Waals surface area contributed by atoms with Gasteiger partial charge < -0.3 is 9.30 Å². The Morgan fingerprint density at radius 2 is 1.78 bits per heavy atom. The van der Waals surface area contributed by atoms with Crippen molar-refractivity contribution in [2.24, 2.45) is 4.99 Å². The summed E-state index contributed by atoms with van der Waals surface area (Å²) >= 11 is 6.87. The zero-order valence-corrected chi connectivity index (χ0v) is 21.2. The minimum absolute atomic E-state index is 0.0326. The van der Waals surface area contributed by atoms with E-state index in [0.29, 0.717) is 9.72 Å². The highest BCUT2D eigenvalue weighted by Gasteiger charge is 2.17. The van der Waals surface area contributed by atoms with E-state index in [1.165, 1.54) is 65.2 Å². The third-order valence-corrected chi connectivity index (χ3v) is 7.64. The molecular weight excluding hydrogens is 529 g/mol. The van der Waals surface area contributed by atoms with Crippen LogP contribution in [0.5, 0.6) is 0 Å².